The molecule has 2 heterocycles. The minimum atomic E-state index is -1.04. The van der Waals surface area contributed by atoms with Gasteiger partial charge in [0.05, 0.1) is 11.9 Å². The third kappa shape index (κ3) is 3.48. The fraction of sp³-hybridized carbons (Fsp3) is 0.286. The molecule has 0 spiro atoms. The van der Waals surface area contributed by atoms with Gasteiger partial charge in [0, 0.05) is 22.2 Å². The lowest BCUT2D eigenvalue weighted by Gasteiger charge is -2.15. The topological polar surface area (TPSA) is 88.2 Å². The number of carboxylic acid groups (broad SMARTS) is 1. The van der Waals surface area contributed by atoms with Crippen molar-refractivity contribution in [2.45, 2.75) is 26.3 Å². The Hall–Kier alpha value is -2.08. The first kappa shape index (κ1) is 14.3. The van der Waals surface area contributed by atoms with Crippen molar-refractivity contribution in [2.24, 2.45) is 0 Å². The van der Waals surface area contributed by atoms with Crippen LogP contribution in [0.15, 0.2) is 24.4 Å². The third-order valence-corrected chi connectivity index (χ3v) is 3.85. The number of carbonyl (C=O) groups is 1. The van der Waals surface area contributed by atoms with Crippen LogP contribution in [-0.4, -0.2) is 22.1 Å². The van der Waals surface area contributed by atoms with Gasteiger partial charge >= 0.3 is 5.97 Å². The molecule has 2 aromatic rings. The van der Waals surface area contributed by atoms with E-state index >= 15 is 0 Å². The van der Waals surface area contributed by atoms with Crippen molar-refractivity contribution in [3.8, 4) is 0 Å². The summed E-state index contributed by atoms with van der Waals surface area (Å²) in [5, 5.41) is 12.3. The second kappa shape index (κ2) is 5.92. The Morgan fingerprint density at radius 2 is 2.30 bits per heavy atom. The molecule has 0 aliphatic heterocycles. The molecule has 0 aliphatic rings. The molecule has 0 saturated carbocycles. The summed E-state index contributed by atoms with van der Waals surface area (Å²) in [6, 6.07) is 5.67. The van der Waals surface area contributed by atoms with Gasteiger partial charge < -0.3 is 16.2 Å². The van der Waals surface area contributed by atoms with Crippen LogP contribution in [0.1, 0.15) is 27.0 Å². The number of nitrogen functional groups attached to an aromatic ring is 1. The second-order valence-electron chi connectivity index (χ2n) is 4.73. The van der Waals surface area contributed by atoms with Gasteiger partial charge in [0.2, 0.25) is 0 Å². The predicted octanol–water partition coefficient (Wildman–Crippen LogP) is 2.78. The van der Waals surface area contributed by atoms with E-state index in [0.717, 1.165) is 6.42 Å². The average molecular weight is 291 g/mol. The number of thiophene rings is 1. The number of nitrogens with zero attached hydrogens (tertiary/aromatic N) is 1. The first-order valence-electron chi connectivity index (χ1n) is 6.26. The molecule has 0 saturated heterocycles. The van der Waals surface area contributed by atoms with Gasteiger partial charge in [0.15, 0.2) is 0 Å². The van der Waals surface area contributed by atoms with Crippen LogP contribution in [0.3, 0.4) is 0 Å². The smallest absolute Gasteiger partial charge is 0.339 e. The molecule has 1 atom stereocenters. The van der Waals surface area contributed by atoms with Gasteiger partial charge in [-0.25, -0.2) is 9.78 Å². The standard InChI is InChI=1S/C14H17N3O2S/c1-8(5-11-4-3-9(2)20-11)17-13-12(14(18)19)6-10(15)7-16-13/h3-4,6-8H,5,15H2,1-2H3,(H,16,17)(H,18,19). The molecule has 4 N–H and O–H groups in total. The highest BCUT2D eigenvalue weighted by Gasteiger charge is 2.14. The number of carboxylic acids is 1. The summed E-state index contributed by atoms with van der Waals surface area (Å²) in [5.41, 5.74) is 6.01. The highest BCUT2D eigenvalue weighted by atomic mass is 32.1. The fourth-order valence-corrected chi connectivity index (χ4v) is 2.96. The monoisotopic (exact) mass is 291 g/mol. The zero-order chi connectivity index (χ0) is 14.7. The molecule has 0 aromatic carbocycles. The van der Waals surface area contributed by atoms with E-state index in [9.17, 15) is 4.79 Å². The summed E-state index contributed by atoms with van der Waals surface area (Å²) in [6.07, 6.45) is 2.28. The molecule has 5 nitrogen and oxygen atoms in total. The van der Waals surface area contributed by atoms with E-state index in [2.05, 4.69) is 29.4 Å². The van der Waals surface area contributed by atoms with E-state index in [1.165, 1.54) is 22.0 Å². The molecule has 20 heavy (non-hydrogen) atoms. The van der Waals surface area contributed by atoms with Gasteiger partial charge in [-0.2, -0.15) is 0 Å². The summed E-state index contributed by atoms with van der Waals surface area (Å²) in [7, 11) is 0. The van der Waals surface area contributed by atoms with E-state index in [1.807, 2.05) is 6.92 Å². The van der Waals surface area contributed by atoms with E-state index < -0.39 is 5.97 Å². The van der Waals surface area contributed by atoms with Crippen molar-refractivity contribution in [3.63, 3.8) is 0 Å². The maximum atomic E-state index is 11.2. The van der Waals surface area contributed by atoms with Gasteiger partial charge in [-0.3, -0.25) is 0 Å². The van der Waals surface area contributed by atoms with Crippen molar-refractivity contribution in [1.82, 2.24) is 4.98 Å². The van der Waals surface area contributed by atoms with Crippen molar-refractivity contribution in [1.29, 1.82) is 0 Å². The summed E-state index contributed by atoms with van der Waals surface area (Å²) in [5.74, 6) is -0.682. The summed E-state index contributed by atoms with van der Waals surface area (Å²) < 4.78 is 0. The normalized spacial score (nSPS) is 12.1. The third-order valence-electron chi connectivity index (χ3n) is 2.83. The zero-order valence-corrected chi connectivity index (χ0v) is 12.2. The number of aromatic nitrogens is 1. The van der Waals surface area contributed by atoms with Crippen LogP contribution < -0.4 is 11.1 Å². The number of anilines is 2. The zero-order valence-electron chi connectivity index (χ0n) is 11.4. The van der Waals surface area contributed by atoms with Gasteiger partial charge in [-0.15, -0.1) is 11.3 Å². The molecule has 2 rings (SSSR count). The Bertz CT molecular complexity index is 625. The van der Waals surface area contributed by atoms with Crippen LogP contribution in [0.4, 0.5) is 11.5 Å². The van der Waals surface area contributed by atoms with E-state index in [1.54, 1.807) is 11.3 Å². The Balaban J connectivity index is 2.11. The Labute approximate surface area is 121 Å². The highest BCUT2D eigenvalue weighted by Crippen LogP contribution is 2.20. The first-order valence-corrected chi connectivity index (χ1v) is 7.08. The van der Waals surface area contributed by atoms with Gasteiger partial charge in [0.1, 0.15) is 11.4 Å². The summed E-state index contributed by atoms with van der Waals surface area (Å²) in [4.78, 5) is 17.8. The molecule has 0 aliphatic carbocycles. The average Bonchev–Trinajstić information content (AvgIpc) is 2.76. The van der Waals surface area contributed by atoms with Crippen LogP contribution >= 0.6 is 11.3 Å². The lowest BCUT2D eigenvalue weighted by Crippen LogP contribution is -2.20. The number of rotatable bonds is 5. The predicted molar refractivity (Wildman–Crippen MR) is 81.5 cm³/mol. The van der Waals surface area contributed by atoms with Crippen molar-refractivity contribution >= 4 is 28.8 Å². The SMILES string of the molecule is Cc1ccc(CC(C)Nc2ncc(N)cc2C(=O)O)s1. The lowest BCUT2D eigenvalue weighted by molar-refractivity contribution is 0.0697. The maximum absolute atomic E-state index is 11.2. The van der Waals surface area contributed by atoms with E-state index in [-0.39, 0.29) is 11.6 Å². The van der Waals surface area contributed by atoms with E-state index in [0.29, 0.717) is 11.5 Å². The van der Waals surface area contributed by atoms with Crippen LogP contribution in [0, 0.1) is 6.92 Å². The molecule has 0 fully saturated rings. The number of hydrogen-bond acceptors (Lipinski definition) is 5. The van der Waals surface area contributed by atoms with Crippen molar-refractivity contribution in [2.75, 3.05) is 11.1 Å². The summed E-state index contributed by atoms with van der Waals surface area (Å²) >= 11 is 1.74. The molecule has 0 amide bonds. The van der Waals surface area contributed by atoms with Crippen LogP contribution in [0.5, 0.6) is 0 Å². The number of aromatic carboxylic acids is 1. The van der Waals surface area contributed by atoms with Crippen molar-refractivity contribution < 1.29 is 9.90 Å². The van der Waals surface area contributed by atoms with E-state index in [4.69, 9.17) is 10.8 Å². The molecule has 0 bridgehead atoms. The highest BCUT2D eigenvalue weighted by molar-refractivity contribution is 7.11. The quantitative estimate of drug-likeness (QED) is 0.788. The van der Waals surface area contributed by atoms with Crippen molar-refractivity contribution in [3.05, 3.63) is 39.7 Å². The minimum absolute atomic E-state index is 0.0854. The first-order chi connectivity index (χ1) is 9.45. The number of hydrogen-bond donors (Lipinski definition) is 3. The number of nitrogens with one attached hydrogen (secondary N) is 1. The Morgan fingerprint density at radius 3 is 2.90 bits per heavy atom. The molecular formula is C14H17N3O2S. The second-order valence-corrected chi connectivity index (χ2v) is 6.10. The van der Waals surface area contributed by atoms with Gasteiger partial charge in [0.25, 0.3) is 0 Å². The Kier molecular flexibility index (Phi) is 4.24. The molecule has 2 aromatic heterocycles. The van der Waals surface area contributed by atoms with Gasteiger partial charge in [-0.1, -0.05) is 0 Å². The lowest BCUT2D eigenvalue weighted by atomic mass is 10.2. The summed E-state index contributed by atoms with van der Waals surface area (Å²) in [6.45, 7) is 4.06. The van der Waals surface area contributed by atoms with Crippen LogP contribution in [-0.2, 0) is 6.42 Å². The molecular weight excluding hydrogens is 274 g/mol. The molecule has 0 radical (unpaired) electrons. The fourth-order valence-electron chi connectivity index (χ4n) is 1.94. The molecule has 1 unspecified atom stereocenters. The molecule has 6 heteroatoms. The molecule has 106 valence electrons. The number of nitrogens with two attached hydrogens (primary N) is 1. The van der Waals surface area contributed by atoms with Crippen LogP contribution in [0.25, 0.3) is 0 Å². The number of pyridine rings is 1. The van der Waals surface area contributed by atoms with Gasteiger partial charge in [-0.05, 0) is 32.0 Å². The van der Waals surface area contributed by atoms with Crippen LogP contribution in [0.2, 0.25) is 0 Å². The Morgan fingerprint density at radius 1 is 1.55 bits per heavy atom. The maximum Gasteiger partial charge on any atom is 0.339 e. The largest absolute Gasteiger partial charge is 0.478 e. The number of aryl methyl sites for hydroxylation is 1. The minimum Gasteiger partial charge on any atom is -0.478 e.